The molecule has 2 aliphatic carbocycles. The van der Waals surface area contributed by atoms with Crippen molar-refractivity contribution < 1.29 is 9.18 Å². The van der Waals surface area contributed by atoms with Gasteiger partial charge in [-0.2, -0.15) is 5.26 Å². The fourth-order valence-corrected chi connectivity index (χ4v) is 6.05. The largest absolute Gasteiger partial charge is 0.311 e. The van der Waals surface area contributed by atoms with Gasteiger partial charge in [0.05, 0.1) is 11.6 Å². The quantitative estimate of drug-likeness (QED) is 0.276. The second-order valence-electron chi connectivity index (χ2n) is 12.1. The van der Waals surface area contributed by atoms with Crippen molar-refractivity contribution in [3.63, 3.8) is 0 Å². The fraction of sp³-hybridized carbons (Fsp3) is 0.394. The molecule has 1 amide bonds. The Hall–Kier alpha value is -4.69. The molecule has 4 aromatic rings. The van der Waals surface area contributed by atoms with Gasteiger partial charge in [0.15, 0.2) is 12.6 Å². The van der Waals surface area contributed by atoms with Crippen LogP contribution in [-0.2, 0) is 13.3 Å². The minimum atomic E-state index is -0.821. The molecule has 0 unspecified atom stereocenters. The number of nitrogens with zero attached hydrogens (tertiary/aromatic N) is 7. The molecule has 0 atom stereocenters. The van der Waals surface area contributed by atoms with Crippen LogP contribution in [0.2, 0.25) is 0 Å². The van der Waals surface area contributed by atoms with E-state index in [9.17, 15) is 19.2 Å². The van der Waals surface area contributed by atoms with Crippen LogP contribution in [0.15, 0.2) is 53.7 Å². The van der Waals surface area contributed by atoms with E-state index in [-0.39, 0.29) is 23.1 Å². The van der Waals surface area contributed by atoms with Crippen molar-refractivity contribution in [3.8, 4) is 28.6 Å². The maximum atomic E-state index is 13.8. The van der Waals surface area contributed by atoms with E-state index in [1.54, 1.807) is 34.9 Å². The van der Waals surface area contributed by atoms with Crippen LogP contribution in [0.1, 0.15) is 84.1 Å². The van der Waals surface area contributed by atoms with Crippen LogP contribution in [-0.4, -0.2) is 48.2 Å². The van der Waals surface area contributed by atoms with Crippen molar-refractivity contribution >= 4 is 11.7 Å². The molecule has 0 radical (unpaired) electrons. The highest BCUT2D eigenvalue weighted by Gasteiger charge is 2.29. The first-order chi connectivity index (χ1) is 21.5. The number of nitriles is 1. The number of rotatable bonds is 9. The number of piperidine rings is 1. The predicted octanol–water partition coefficient (Wildman–Crippen LogP) is 5.42. The number of anilines is 1. The zero-order valence-electron chi connectivity index (χ0n) is 24.4. The number of alkyl halides is 1. The third-order valence-corrected chi connectivity index (χ3v) is 8.67. The van der Waals surface area contributed by atoms with Crippen molar-refractivity contribution in [2.45, 2.75) is 70.2 Å². The van der Waals surface area contributed by atoms with Crippen molar-refractivity contribution in [2.24, 2.45) is 0 Å². The lowest BCUT2D eigenvalue weighted by molar-refractivity contribution is 0.102. The van der Waals surface area contributed by atoms with Gasteiger partial charge in [-0.25, -0.2) is 9.37 Å². The van der Waals surface area contributed by atoms with Crippen LogP contribution in [0.3, 0.4) is 0 Å². The van der Waals surface area contributed by atoms with Crippen LogP contribution >= 0.6 is 0 Å². The minimum Gasteiger partial charge on any atom is -0.311 e. The highest BCUT2D eigenvalue weighted by molar-refractivity contribution is 6.04. The molecule has 1 N–H and O–H groups in total. The van der Waals surface area contributed by atoms with Gasteiger partial charge in [-0.1, -0.05) is 12.5 Å². The minimum absolute atomic E-state index is 0.113. The first-order valence-corrected chi connectivity index (χ1v) is 15.3. The number of pyridine rings is 2. The number of hydrogen-bond acceptors (Lipinski definition) is 7. The Morgan fingerprint density at radius 2 is 1.86 bits per heavy atom. The molecule has 0 spiro atoms. The molecule has 4 heterocycles. The first kappa shape index (κ1) is 28.1. The van der Waals surface area contributed by atoms with Crippen LogP contribution in [0.4, 0.5) is 10.2 Å². The monoisotopic (exact) mass is 592 g/mol. The summed E-state index contributed by atoms with van der Waals surface area (Å²) in [6.45, 7) is 1.92. The highest BCUT2D eigenvalue weighted by atomic mass is 19.1. The van der Waals surface area contributed by atoms with Gasteiger partial charge in [0, 0.05) is 36.0 Å². The first-order valence-electron chi connectivity index (χ1n) is 15.3. The second-order valence-corrected chi connectivity index (χ2v) is 12.1. The number of benzene rings is 1. The van der Waals surface area contributed by atoms with E-state index in [1.807, 2.05) is 12.3 Å². The normalized spacial score (nSPS) is 16.9. The van der Waals surface area contributed by atoms with Crippen LogP contribution in [0, 0.1) is 11.3 Å². The second kappa shape index (κ2) is 11.8. The van der Waals surface area contributed by atoms with Gasteiger partial charge in [-0.05, 0) is 98.6 Å². The SMILES string of the molecule is N#Cc1ccc(-c2cc(NC(=O)c3cc(CN4CCCCC4)cn(C4CC4)c3=O)nc(C3CC3)c2)c(-c2nncn2CF)c1. The number of likely N-dealkylation sites (tertiary alicyclic amines) is 1. The molecular formula is C33H33FN8O2. The van der Waals surface area contributed by atoms with Gasteiger partial charge < -0.3 is 9.88 Å². The van der Waals surface area contributed by atoms with E-state index >= 15 is 0 Å². The van der Waals surface area contributed by atoms with Gasteiger partial charge >= 0.3 is 0 Å². The fourth-order valence-electron chi connectivity index (χ4n) is 6.05. The number of hydrogen-bond donors (Lipinski definition) is 1. The Morgan fingerprint density at radius 3 is 2.59 bits per heavy atom. The maximum Gasteiger partial charge on any atom is 0.263 e. The van der Waals surface area contributed by atoms with Gasteiger partial charge in [0.2, 0.25) is 0 Å². The van der Waals surface area contributed by atoms with E-state index in [4.69, 9.17) is 4.98 Å². The van der Waals surface area contributed by atoms with Gasteiger partial charge in [0.1, 0.15) is 17.7 Å². The lowest BCUT2D eigenvalue weighted by Crippen LogP contribution is -2.32. The van der Waals surface area contributed by atoms with E-state index in [2.05, 4.69) is 26.5 Å². The van der Waals surface area contributed by atoms with E-state index in [0.29, 0.717) is 34.9 Å². The zero-order chi connectivity index (χ0) is 30.2. The van der Waals surface area contributed by atoms with Crippen LogP contribution in [0.5, 0.6) is 0 Å². The molecule has 44 heavy (non-hydrogen) atoms. The Kier molecular flexibility index (Phi) is 7.52. The zero-order valence-corrected chi connectivity index (χ0v) is 24.4. The molecule has 1 saturated heterocycles. The third-order valence-electron chi connectivity index (χ3n) is 8.67. The summed E-state index contributed by atoms with van der Waals surface area (Å²) in [4.78, 5) is 34.4. The van der Waals surface area contributed by atoms with E-state index in [1.165, 1.54) is 17.3 Å². The molecule has 2 saturated carbocycles. The molecule has 3 aromatic heterocycles. The summed E-state index contributed by atoms with van der Waals surface area (Å²) in [5, 5.41) is 20.5. The van der Waals surface area contributed by atoms with Gasteiger partial charge in [0.25, 0.3) is 11.5 Å². The van der Waals surface area contributed by atoms with Crippen molar-refractivity contribution in [2.75, 3.05) is 18.4 Å². The summed E-state index contributed by atoms with van der Waals surface area (Å²) >= 11 is 0. The smallest absolute Gasteiger partial charge is 0.263 e. The third kappa shape index (κ3) is 5.77. The molecule has 1 aromatic carbocycles. The predicted molar refractivity (Wildman–Crippen MR) is 163 cm³/mol. The Balaban J connectivity index is 1.25. The summed E-state index contributed by atoms with van der Waals surface area (Å²) in [6.07, 6.45) is 10.6. The maximum absolute atomic E-state index is 13.8. The van der Waals surface area contributed by atoms with Crippen molar-refractivity contribution in [3.05, 3.63) is 81.7 Å². The van der Waals surface area contributed by atoms with Crippen molar-refractivity contribution in [1.29, 1.82) is 5.26 Å². The summed E-state index contributed by atoms with van der Waals surface area (Å²) in [6, 6.07) is 12.9. The Morgan fingerprint density at radius 1 is 1.05 bits per heavy atom. The molecule has 11 heteroatoms. The number of carbonyl (C=O) groups excluding carboxylic acids is 1. The van der Waals surface area contributed by atoms with E-state index < -0.39 is 12.7 Å². The van der Waals surface area contributed by atoms with Crippen molar-refractivity contribution in [1.82, 2.24) is 29.2 Å². The Bertz CT molecular complexity index is 1830. The van der Waals surface area contributed by atoms with E-state index in [0.717, 1.165) is 68.4 Å². The summed E-state index contributed by atoms with van der Waals surface area (Å²) in [7, 11) is 0. The molecule has 7 rings (SSSR count). The molecule has 3 aliphatic rings. The molecular weight excluding hydrogens is 559 g/mol. The average molecular weight is 593 g/mol. The summed E-state index contributed by atoms with van der Waals surface area (Å²) in [5.41, 5.74) is 4.00. The molecule has 10 nitrogen and oxygen atoms in total. The number of aromatic nitrogens is 5. The number of carbonyl (C=O) groups is 1. The number of amides is 1. The summed E-state index contributed by atoms with van der Waals surface area (Å²) in [5.74, 6) is 0.395. The standard InChI is InChI=1S/C33H33FN8O2/c34-19-41-20-36-39-31(41)27-12-21(16-35)4-9-26(27)24-14-29(23-5-6-23)37-30(15-24)38-32(43)28-13-22(17-40-10-2-1-3-11-40)18-42(33(28)44)25-7-8-25/h4,9,12-15,18,20,23,25H,1-3,5-8,10-11,17,19H2,(H,37,38,43). The summed E-state index contributed by atoms with van der Waals surface area (Å²) < 4.78 is 16.8. The molecule has 224 valence electrons. The van der Waals surface area contributed by atoms with Gasteiger partial charge in [-0.3, -0.25) is 19.1 Å². The topological polar surface area (TPSA) is 122 Å². The van der Waals surface area contributed by atoms with Gasteiger partial charge in [-0.15, -0.1) is 10.2 Å². The van der Waals surface area contributed by atoms with Crippen LogP contribution < -0.4 is 10.9 Å². The lowest BCUT2D eigenvalue weighted by atomic mass is 9.96. The molecule has 0 bridgehead atoms. The molecule has 1 aliphatic heterocycles. The number of halogens is 1. The lowest BCUT2D eigenvalue weighted by Gasteiger charge is -2.26. The highest BCUT2D eigenvalue weighted by Crippen LogP contribution is 2.42. The Labute approximate surface area is 254 Å². The number of nitrogens with one attached hydrogen (secondary N) is 1. The molecule has 3 fully saturated rings. The van der Waals surface area contributed by atoms with Crippen LogP contribution in [0.25, 0.3) is 22.5 Å². The average Bonchev–Trinajstić information content (AvgIpc) is 3.99.